The van der Waals surface area contributed by atoms with E-state index in [-0.39, 0.29) is 19.5 Å². The van der Waals surface area contributed by atoms with E-state index in [1.165, 1.54) is 0 Å². The van der Waals surface area contributed by atoms with Gasteiger partial charge in [0.1, 0.15) is 5.75 Å². The molecule has 0 spiro atoms. The van der Waals surface area contributed by atoms with Gasteiger partial charge < -0.3 is 14.9 Å². The van der Waals surface area contributed by atoms with Gasteiger partial charge >= 0.3 is 11.9 Å². The molecule has 0 bridgehead atoms. The Labute approximate surface area is 145 Å². The van der Waals surface area contributed by atoms with Gasteiger partial charge in [0.25, 0.3) is 0 Å². The lowest BCUT2D eigenvalue weighted by molar-refractivity contribution is -0.151. The summed E-state index contributed by atoms with van der Waals surface area (Å²) in [5.74, 6) is -1.42. The monoisotopic (exact) mass is 353 g/mol. The molecule has 2 N–H and O–H groups in total. The normalized spacial score (nSPS) is 28.4. The Morgan fingerprint density at radius 2 is 1.88 bits per heavy atom. The van der Waals surface area contributed by atoms with Crippen LogP contribution in [-0.4, -0.2) is 46.7 Å². The highest BCUT2D eigenvalue weighted by molar-refractivity contribution is 6.32. The lowest BCUT2D eigenvalue weighted by Gasteiger charge is -2.20. The zero-order valence-electron chi connectivity index (χ0n) is 13.4. The third-order valence-electron chi connectivity index (χ3n) is 5.06. The number of nitrogens with zero attached hydrogens (tertiary/aromatic N) is 1. The van der Waals surface area contributed by atoms with E-state index < -0.39 is 22.8 Å². The van der Waals surface area contributed by atoms with Crippen LogP contribution in [0.25, 0.3) is 0 Å². The average Bonchev–Trinajstić information content (AvgIpc) is 3.06. The number of rotatable bonds is 7. The summed E-state index contributed by atoms with van der Waals surface area (Å²) < 4.78 is 5.53. The van der Waals surface area contributed by atoms with Crippen LogP contribution in [0.5, 0.6) is 5.75 Å². The van der Waals surface area contributed by atoms with E-state index >= 15 is 0 Å². The first kappa shape index (κ1) is 17.0. The lowest BCUT2D eigenvalue weighted by atomic mass is 9.97. The molecule has 2 atom stereocenters. The molecule has 1 saturated heterocycles. The Hall–Kier alpha value is -1.79. The fourth-order valence-electron chi connectivity index (χ4n) is 3.74. The van der Waals surface area contributed by atoms with Crippen molar-refractivity contribution in [3.05, 3.63) is 28.8 Å². The first-order valence-corrected chi connectivity index (χ1v) is 8.33. The zero-order valence-corrected chi connectivity index (χ0v) is 14.2. The Bertz CT molecular complexity index is 666. The van der Waals surface area contributed by atoms with Crippen LogP contribution < -0.4 is 4.74 Å². The summed E-state index contributed by atoms with van der Waals surface area (Å²) in [7, 11) is 0. The fraction of sp³-hybridized carbons (Fsp3) is 0.529. The third kappa shape index (κ3) is 2.54. The number of hydrogen-bond acceptors (Lipinski definition) is 4. The van der Waals surface area contributed by atoms with E-state index in [2.05, 4.69) is 0 Å². The number of ether oxygens (including phenoxy) is 1. The predicted octanol–water partition coefficient (Wildman–Crippen LogP) is 2.49. The second kappa shape index (κ2) is 5.93. The van der Waals surface area contributed by atoms with Gasteiger partial charge in [-0.05, 0) is 30.5 Å². The minimum atomic E-state index is -1.15. The SMILES string of the molecule is CCCOc1ccc(CN2C[C@@]3(C(=O)O)C[C@@]3(C(=O)O)C2)cc1Cl. The molecule has 1 aromatic carbocycles. The first-order chi connectivity index (χ1) is 11.3. The number of carboxylic acids is 2. The number of piperidine rings is 1. The molecular formula is C17H20ClNO5. The zero-order chi connectivity index (χ0) is 17.5. The van der Waals surface area contributed by atoms with Crippen molar-refractivity contribution in [3.8, 4) is 5.75 Å². The topological polar surface area (TPSA) is 87.1 Å². The van der Waals surface area contributed by atoms with Crippen molar-refractivity contribution in [1.82, 2.24) is 4.90 Å². The van der Waals surface area contributed by atoms with Gasteiger partial charge in [0.15, 0.2) is 0 Å². The van der Waals surface area contributed by atoms with Crippen LogP contribution in [-0.2, 0) is 16.1 Å². The van der Waals surface area contributed by atoms with Crippen LogP contribution in [0, 0.1) is 10.8 Å². The van der Waals surface area contributed by atoms with Crippen LogP contribution in [0.15, 0.2) is 18.2 Å². The molecule has 1 heterocycles. The molecule has 2 aliphatic rings. The maximum Gasteiger partial charge on any atom is 0.312 e. The predicted molar refractivity (Wildman–Crippen MR) is 87.3 cm³/mol. The minimum absolute atomic E-state index is 0.214. The smallest absolute Gasteiger partial charge is 0.312 e. The van der Waals surface area contributed by atoms with Crippen molar-refractivity contribution in [2.24, 2.45) is 10.8 Å². The molecule has 3 rings (SSSR count). The van der Waals surface area contributed by atoms with Gasteiger partial charge in [0, 0.05) is 19.6 Å². The highest BCUT2D eigenvalue weighted by atomic mass is 35.5. The number of carboxylic acid groups (broad SMARTS) is 2. The maximum absolute atomic E-state index is 11.5. The molecule has 7 heteroatoms. The number of hydrogen-bond donors (Lipinski definition) is 2. The number of halogens is 1. The summed E-state index contributed by atoms with van der Waals surface area (Å²) in [6.07, 6.45) is 1.10. The van der Waals surface area contributed by atoms with Crippen LogP contribution >= 0.6 is 11.6 Å². The maximum atomic E-state index is 11.5. The van der Waals surface area contributed by atoms with E-state index in [0.29, 0.717) is 23.9 Å². The molecule has 0 unspecified atom stereocenters. The van der Waals surface area contributed by atoms with Gasteiger partial charge in [-0.3, -0.25) is 14.5 Å². The molecule has 24 heavy (non-hydrogen) atoms. The highest BCUT2D eigenvalue weighted by Gasteiger charge is 2.80. The number of fused-ring (bicyclic) bond motifs is 1. The van der Waals surface area contributed by atoms with Crippen molar-refractivity contribution in [2.45, 2.75) is 26.3 Å². The van der Waals surface area contributed by atoms with Gasteiger partial charge in [0.2, 0.25) is 0 Å². The Morgan fingerprint density at radius 3 is 2.38 bits per heavy atom. The molecular weight excluding hydrogens is 334 g/mol. The van der Waals surface area contributed by atoms with Gasteiger partial charge in [-0.25, -0.2) is 0 Å². The van der Waals surface area contributed by atoms with Crippen molar-refractivity contribution in [1.29, 1.82) is 0 Å². The van der Waals surface area contributed by atoms with Crippen molar-refractivity contribution in [2.75, 3.05) is 19.7 Å². The quantitative estimate of drug-likeness (QED) is 0.783. The highest BCUT2D eigenvalue weighted by Crippen LogP contribution is 2.68. The summed E-state index contributed by atoms with van der Waals surface area (Å²) in [5.41, 5.74) is -1.38. The Morgan fingerprint density at radius 1 is 1.25 bits per heavy atom. The molecule has 1 saturated carbocycles. The number of carbonyl (C=O) groups is 2. The van der Waals surface area contributed by atoms with E-state index in [4.69, 9.17) is 16.3 Å². The van der Waals surface area contributed by atoms with Crippen molar-refractivity contribution < 1.29 is 24.5 Å². The third-order valence-corrected chi connectivity index (χ3v) is 5.36. The minimum Gasteiger partial charge on any atom is -0.492 e. The molecule has 6 nitrogen and oxygen atoms in total. The Kier molecular flexibility index (Phi) is 4.21. The van der Waals surface area contributed by atoms with Crippen LogP contribution in [0.3, 0.4) is 0 Å². The molecule has 0 radical (unpaired) electrons. The van der Waals surface area contributed by atoms with Crippen LogP contribution in [0.4, 0.5) is 0 Å². The van der Waals surface area contributed by atoms with Crippen LogP contribution in [0.2, 0.25) is 5.02 Å². The van der Waals surface area contributed by atoms with Gasteiger partial charge in [0.05, 0.1) is 22.5 Å². The second-order valence-electron chi connectivity index (χ2n) is 6.71. The summed E-state index contributed by atoms with van der Waals surface area (Å²) in [4.78, 5) is 25.0. The van der Waals surface area contributed by atoms with E-state index in [9.17, 15) is 19.8 Å². The van der Waals surface area contributed by atoms with Gasteiger partial charge in [-0.2, -0.15) is 0 Å². The van der Waals surface area contributed by atoms with E-state index in [1.807, 2.05) is 17.9 Å². The average molecular weight is 354 g/mol. The van der Waals surface area contributed by atoms with E-state index in [1.54, 1.807) is 12.1 Å². The molecule has 1 aliphatic heterocycles. The first-order valence-electron chi connectivity index (χ1n) is 7.95. The Balaban J connectivity index is 1.71. The number of aliphatic carboxylic acids is 2. The molecule has 2 fully saturated rings. The van der Waals surface area contributed by atoms with E-state index in [0.717, 1.165) is 12.0 Å². The fourth-order valence-corrected chi connectivity index (χ4v) is 4.00. The largest absolute Gasteiger partial charge is 0.492 e. The molecule has 130 valence electrons. The molecule has 1 aliphatic carbocycles. The summed E-state index contributed by atoms with van der Waals surface area (Å²) in [5, 5.41) is 19.4. The lowest BCUT2D eigenvalue weighted by Crippen LogP contribution is -2.28. The molecule has 0 aromatic heterocycles. The van der Waals surface area contributed by atoms with Crippen molar-refractivity contribution >= 4 is 23.5 Å². The number of likely N-dealkylation sites (tertiary alicyclic amines) is 1. The number of benzene rings is 1. The summed E-state index contributed by atoms with van der Waals surface area (Å²) >= 11 is 6.21. The standard InChI is InChI=1S/C17H20ClNO5/c1-2-5-24-13-4-3-11(6-12(13)18)7-19-9-16(14(20)21)8-17(16,10-19)15(22)23/h3-4,6H,2,5,7-10H2,1H3,(H,20,21)(H,22,23)/t16-,17+. The van der Waals surface area contributed by atoms with Gasteiger partial charge in [-0.1, -0.05) is 24.6 Å². The van der Waals surface area contributed by atoms with Crippen molar-refractivity contribution in [3.63, 3.8) is 0 Å². The second-order valence-corrected chi connectivity index (χ2v) is 7.12. The van der Waals surface area contributed by atoms with Crippen LogP contribution in [0.1, 0.15) is 25.3 Å². The molecule has 0 amide bonds. The molecule has 1 aromatic rings. The summed E-state index contributed by atoms with van der Waals surface area (Å²) in [6.45, 7) is 3.57. The van der Waals surface area contributed by atoms with Gasteiger partial charge in [-0.15, -0.1) is 0 Å². The summed E-state index contributed by atoms with van der Waals surface area (Å²) in [6, 6.07) is 5.46.